The molecule has 0 fully saturated rings. The highest BCUT2D eigenvalue weighted by molar-refractivity contribution is 9.10. The molecule has 0 unspecified atom stereocenters. The van der Waals surface area contributed by atoms with Gasteiger partial charge in [-0.05, 0) is 46.3 Å². The maximum absolute atomic E-state index is 13.4. The van der Waals surface area contributed by atoms with Gasteiger partial charge in [0.15, 0.2) is 17.2 Å². The zero-order chi connectivity index (χ0) is 21.5. The molecule has 152 valence electrons. The van der Waals surface area contributed by atoms with Crippen molar-refractivity contribution in [2.75, 3.05) is 11.9 Å². The van der Waals surface area contributed by atoms with Gasteiger partial charge in [-0.3, -0.25) is 9.69 Å². The zero-order valence-electron chi connectivity index (χ0n) is 15.3. The molecule has 30 heavy (non-hydrogen) atoms. The third kappa shape index (κ3) is 3.52. The van der Waals surface area contributed by atoms with E-state index in [1.54, 1.807) is 12.1 Å². The molecule has 0 aliphatic carbocycles. The van der Waals surface area contributed by atoms with Gasteiger partial charge in [0.2, 0.25) is 0 Å². The van der Waals surface area contributed by atoms with Crippen LogP contribution < -0.4 is 4.90 Å². The van der Waals surface area contributed by atoms with Crippen LogP contribution in [-0.2, 0) is 6.18 Å². The van der Waals surface area contributed by atoms with E-state index in [4.69, 9.17) is 0 Å². The van der Waals surface area contributed by atoms with Gasteiger partial charge in [0, 0.05) is 18.8 Å². The molecule has 0 aliphatic heterocycles. The average molecular weight is 477 g/mol. The molecule has 3 heterocycles. The lowest BCUT2D eigenvalue weighted by atomic mass is 10.0. The van der Waals surface area contributed by atoms with Gasteiger partial charge < -0.3 is 0 Å². The maximum atomic E-state index is 13.4. The number of rotatable bonds is 3. The topological polar surface area (TPSA) is 76.3 Å². The van der Waals surface area contributed by atoms with Crippen molar-refractivity contribution in [3.05, 3.63) is 70.6 Å². The number of nitrogens with zero attached hydrogens (tertiary/aromatic N) is 6. The first-order chi connectivity index (χ1) is 14.3. The number of imidazole rings is 1. The molecule has 0 spiro atoms. The Morgan fingerprint density at radius 2 is 1.87 bits per heavy atom. The third-order valence-electron chi connectivity index (χ3n) is 4.35. The van der Waals surface area contributed by atoms with Crippen LogP contribution in [0.3, 0.4) is 0 Å². The summed E-state index contributed by atoms with van der Waals surface area (Å²) in [5.41, 5.74) is -0.523. The minimum absolute atomic E-state index is 0.0458. The van der Waals surface area contributed by atoms with E-state index in [-0.39, 0.29) is 21.6 Å². The van der Waals surface area contributed by atoms with E-state index < -0.39 is 17.6 Å². The van der Waals surface area contributed by atoms with E-state index in [9.17, 15) is 18.0 Å². The fourth-order valence-corrected chi connectivity index (χ4v) is 3.44. The van der Waals surface area contributed by atoms with Gasteiger partial charge in [-0.25, -0.2) is 9.50 Å². The van der Waals surface area contributed by atoms with Gasteiger partial charge in [-0.15, -0.1) is 5.10 Å². The standard InChI is InChI=1S/C19H12BrF3N6O/c1-28(15-7-4-10-24-26-15)18(30)16-17(20)25-14-9-8-13(27-29(14)16)11-5-2-3-6-12(11)19(21,22)23/h2-10H,1H3. The molecule has 1 amide bonds. The van der Waals surface area contributed by atoms with Crippen molar-refractivity contribution in [1.29, 1.82) is 0 Å². The summed E-state index contributed by atoms with van der Waals surface area (Å²) in [6.07, 6.45) is -3.08. The highest BCUT2D eigenvalue weighted by Crippen LogP contribution is 2.36. The predicted molar refractivity (Wildman–Crippen MR) is 106 cm³/mol. The van der Waals surface area contributed by atoms with E-state index in [2.05, 4.69) is 36.2 Å². The number of alkyl halides is 3. The largest absolute Gasteiger partial charge is 0.417 e. The van der Waals surface area contributed by atoms with Crippen molar-refractivity contribution in [1.82, 2.24) is 24.8 Å². The zero-order valence-corrected chi connectivity index (χ0v) is 16.9. The maximum Gasteiger partial charge on any atom is 0.417 e. The fraction of sp³-hybridized carbons (Fsp3) is 0.105. The van der Waals surface area contributed by atoms with Crippen molar-refractivity contribution < 1.29 is 18.0 Å². The van der Waals surface area contributed by atoms with Crippen LogP contribution in [0.15, 0.2) is 59.3 Å². The summed E-state index contributed by atoms with van der Waals surface area (Å²) in [7, 11) is 1.50. The van der Waals surface area contributed by atoms with Crippen LogP contribution in [0.5, 0.6) is 0 Å². The van der Waals surface area contributed by atoms with E-state index in [0.717, 1.165) is 6.07 Å². The first-order valence-electron chi connectivity index (χ1n) is 8.55. The second-order valence-corrected chi connectivity index (χ2v) is 6.98. The second-order valence-electron chi connectivity index (χ2n) is 6.23. The Balaban J connectivity index is 1.85. The summed E-state index contributed by atoms with van der Waals surface area (Å²) >= 11 is 3.24. The number of hydrogen-bond donors (Lipinski definition) is 0. The normalized spacial score (nSPS) is 11.6. The smallest absolute Gasteiger partial charge is 0.293 e. The van der Waals surface area contributed by atoms with Crippen molar-refractivity contribution in [3.8, 4) is 11.3 Å². The van der Waals surface area contributed by atoms with Gasteiger partial charge in [0.25, 0.3) is 5.91 Å². The number of benzene rings is 1. The Kier molecular flexibility index (Phi) is 4.98. The van der Waals surface area contributed by atoms with Crippen LogP contribution in [0.1, 0.15) is 16.1 Å². The summed E-state index contributed by atoms with van der Waals surface area (Å²) < 4.78 is 41.7. The molecular weight excluding hydrogens is 465 g/mol. The van der Waals surface area contributed by atoms with Crippen LogP contribution in [-0.4, -0.2) is 37.8 Å². The van der Waals surface area contributed by atoms with Crippen LogP contribution >= 0.6 is 15.9 Å². The van der Waals surface area contributed by atoms with Crippen LogP contribution in [0.4, 0.5) is 19.0 Å². The summed E-state index contributed by atoms with van der Waals surface area (Å²) in [5.74, 6) is -0.216. The van der Waals surface area contributed by atoms with Crippen molar-refractivity contribution in [2.45, 2.75) is 6.18 Å². The molecule has 0 atom stereocenters. The number of hydrogen-bond acceptors (Lipinski definition) is 5. The lowest BCUT2D eigenvalue weighted by Crippen LogP contribution is -2.29. The minimum atomic E-state index is -4.55. The fourth-order valence-electron chi connectivity index (χ4n) is 2.92. The van der Waals surface area contributed by atoms with Gasteiger partial charge in [-0.1, -0.05) is 18.2 Å². The predicted octanol–water partition coefficient (Wildman–Crippen LogP) is 4.24. The first kappa shape index (κ1) is 20.0. The number of aromatic nitrogens is 5. The molecule has 0 aliphatic rings. The summed E-state index contributed by atoms with van der Waals surface area (Å²) in [6, 6.07) is 11.3. The molecule has 0 N–H and O–H groups in total. The number of halogens is 4. The number of fused-ring (bicyclic) bond motifs is 1. The lowest BCUT2D eigenvalue weighted by Gasteiger charge is -2.15. The van der Waals surface area contributed by atoms with Gasteiger partial charge in [-0.2, -0.15) is 23.4 Å². The SMILES string of the molecule is CN(C(=O)c1c(Br)nc2ccc(-c3ccccc3C(F)(F)F)nn12)c1cccnn1. The summed E-state index contributed by atoms with van der Waals surface area (Å²) in [6.45, 7) is 0. The Hall–Kier alpha value is -3.34. The van der Waals surface area contributed by atoms with E-state index in [1.807, 2.05) is 0 Å². The van der Waals surface area contributed by atoms with Crippen LogP contribution in [0.2, 0.25) is 0 Å². The molecule has 0 bridgehead atoms. The number of carbonyl (C=O) groups is 1. The first-order valence-corrected chi connectivity index (χ1v) is 9.34. The summed E-state index contributed by atoms with van der Waals surface area (Å²) in [4.78, 5) is 18.5. The molecule has 4 rings (SSSR count). The molecular formula is C19H12BrF3N6O. The molecule has 1 aromatic carbocycles. The van der Waals surface area contributed by atoms with Crippen LogP contribution in [0.25, 0.3) is 16.9 Å². The number of carbonyl (C=O) groups excluding carboxylic acids is 1. The monoisotopic (exact) mass is 476 g/mol. The van der Waals surface area contributed by atoms with E-state index >= 15 is 0 Å². The molecule has 3 aromatic heterocycles. The van der Waals surface area contributed by atoms with E-state index in [1.165, 1.54) is 53.0 Å². The Morgan fingerprint density at radius 3 is 2.57 bits per heavy atom. The molecule has 0 saturated carbocycles. The van der Waals surface area contributed by atoms with Crippen molar-refractivity contribution in [2.24, 2.45) is 0 Å². The average Bonchev–Trinajstić information content (AvgIpc) is 3.07. The number of anilines is 1. The molecule has 4 aromatic rings. The third-order valence-corrected chi connectivity index (χ3v) is 4.91. The quantitative estimate of drug-likeness (QED) is 0.441. The molecule has 7 nitrogen and oxygen atoms in total. The van der Waals surface area contributed by atoms with E-state index in [0.29, 0.717) is 11.5 Å². The molecule has 11 heteroatoms. The highest BCUT2D eigenvalue weighted by atomic mass is 79.9. The second kappa shape index (κ2) is 7.48. The Bertz CT molecular complexity index is 1240. The number of amides is 1. The van der Waals surface area contributed by atoms with Crippen molar-refractivity contribution in [3.63, 3.8) is 0 Å². The molecule has 0 saturated heterocycles. The van der Waals surface area contributed by atoms with Gasteiger partial charge in [0.1, 0.15) is 4.60 Å². The lowest BCUT2D eigenvalue weighted by molar-refractivity contribution is -0.137. The van der Waals surface area contributed by atoms with Gasteiger partial charge in [0.05, 0.1) is 11.3 Å². The highest BCUT2D eigenvalue weighted by Gasteiger charge is 2.34. The van der Waals surface area contributed by atoms with Crippen LogP contribution in [0, 0.1) is 0 Å². The van der Waals surface area contributed by atoms with Crippen molar-refractivity contribution >= 4 is 33.3 Å². The summed E-state index contributed by atoms with van der Waals surface area (Å²) in [5, 5.41) is 11.9. The Labute approximate surface area is 176 Å². The Morgan fingerprint density at radius 1 is 1.10 bits per heavy atom. The van der Waals surface area contributed by atoms with Gasteiger partial charge >= 0.3 is 6.18 Å². The molecule has 0 radical (unpaired) electrons. The minimum Gasteiger partial charge on any atom is -0.293 e.